The molecular weight excluding hydrogens is 350 g/mol. The molecule has 0 radical (unpaired) electrons. The Morgan fingerprint density at radius 1 is 1.22 bits per heavy atom. The van der Waals surface area contributed by atoms with Crippen LogP contribution in [0, 0.1) is 0 Å². The van der Waals surface area contributed by atoms with E-state index in [1.807, 2.05) is 0 Å². The molecule has 0 saturated carbocycles. The quantitative estimate of drug-likeness (QED) is 0.844. The van der Waals surface area contributed by atoms with Crippen LogP contribution in [0.25, 0.3) is 11.3 Å². The largest absolute Gasteiger partial charge is 0.481 e. The highest BCUT2D eigenvalue weighted by Crippen LogP contribution is 2.23. The molecule has 2 amide bonds. The first-order valence-corrected chi connectivity index (χ1v) is 8.39. The second kappa shape index (κ2) is 7.45. The van der Waals surface area contributed by atoms with E-state index in [9.17, 15) is 19.5 Å². The molecule has 1 atom stereocenters. The molecule has 2 N–H and O–H groups in total. The number of nitrogens with one attached hydrogen (secondary N) is 1. The fourth-order valence-electron chi connectivity index (χ4n) is 2.89. The molecule has 1 aromatic carbocycles. The van der Waals surface area contributed by atoms with E-state index in [1.54, 1.807) is 31.2 Å². The van der Waals surface area contributed by atoms with E-state index >= 15 is 0 Å². The summed E-state index contributed by atoms with van der Waals surface area (Å²) in [6, 6.07) is 8.91. The predicted molar refractivity (Wildman–Crippen MR) is 96.7 cm³/mol. The van der Waals surface area contributed by atoms with Gasteiger partial charge in [-0.05, 0) is 25.1 Å². The summed E-state index contributed by atoms with van der Waals surface area (Å²) >= 11 is 0. The highest BCUT2D eigenvalue weighted by Gasteiger charge is 2.29. The molecule has 3 rings (SSSR count). The number of piperazine rings is 1. The number of ether oxygens (including phenoxy) is 1. The fourth-order valence-corrected chi connectivity index (χ4v) is 2.89. The Kier molecular flexibility index (Phi) is 5.07. The van der Waals surface area contributed by atoms with Crippen LogP contribution in [0.1, 0.15) is 27.6 Å². The van der Waals surface area contributed by atoms with E-state index in [2.05, 4.69) is 10.3 Å². The van der Waals surface area contributed by atoms with Crippen molar-refractivity contribution in [1.29, 1.82) is 0 Å². The van der Waals surface area contributed by atoms with E-state index in [4.69, 9.17) is 4.74 Å². The number of pyridine rings is 1. The van der Waals surface area contributed by atoms with Crippen LogP contribution >= 0.6 is 0 Å². The third-order valence-corrected chi connectivity index (χ3v) is 4.45. The number of hydrogen-bond donors (Lipinski definition) is 2. The molecule has 1 aromatic heterocycles. The van der Waals surface area contributed by atoms with Crippen molar-refractivity contribution in [2.24, 2.45) is 0 Å². The first kappa shape index (κ1) is 18.4. The number of methoxy groups -OCH3 is 1. The molecule has 1 saturated heterocycles. The summed E-state index contributed by atoms with van der Waals surface area (Å²) in [5.74, 6) is -1.29. The molecule has 0 spiro atoms. The predicted octanol–water partition coefficient (Wildman–Crippen LogP) is 1.42. The Morgan fingerprint density at radius 3 is 2.56 bits per heavy atom. The first-order chi connectivity index (χ1) is 12.9. The Labute approximate surface area is 155 Å². The molecule has 1 aliphatic rings. The summed E-state index contributed by atoms with van der Waals surface area (Å²) in [5, 5.41) is 11.9. The molecule has 8 heteroatoms. The van der Waals surface area contributed by atoms with Crippen molar-refractivity contribution in [3.05, 3.63) is 47.5 Å². The van der Waals surface area contributed by atoms with Crippen LogP contribution < -0.4 is 10.1 Å². The highest BCUT2D eigenvalue weighted by molar-refractivity contribution is 5.98. The van der Waals surface area contributed by atoms with Gasteiger partial charge in [-0.15, -0.1) is 0 Å². The van der Waals surface area contributed by atoms with Gasteiger partial charge in [-0.3, -0.25) is 9.59 Å². The lowest BCUT2D eigenvalue weighted by atomic mass is 10.0. The van der Waals surface area contributed by atoms with Crippen LogP contribution in [0.15, 0.2) is 36.4 Å². The molecular formula is C19H19N3O5. The summed E-state index contributed by atoms with van der Waals surface area (Å²) in [5.41, 5.74) is 1.58. The number of aromatic carboxylic acids is 1. The lowest BCUT2D eigenvalue weighted by Crippen LogP contribution is -2.55. The van der Waals surface area contributed by atoms with E-state index in [1.165, 1.54) is 24.1 Å². The van der Waals surface area contributed by atoms with Gasteiger partial charge in [0.15, 0.2) is 0 Å². The number of carboxylic acids is 1. The highest BCUT2D eigenvalue weighted by atomic mass is 16.5. The summed E-state index contributed by atoms with van der Waals surface area (Å²) in [6.07, 6.45) is 0. The van der Waals surface area contributed by atoms with Crippen molar-refractivity contribution in [1.82, 2.24) is 15.2 Å². The second-order valence-electron chi connectivity index (χ2n) is 6.13. The minimum atomic E-state index is -1.08. The summed E-state index contributed by atoms with van der Waals surface area (Å²) in [7, 11) is 1.41. The van der Waals surface area contributed by atoms with Gasteiger partial charge in [-0.2, -0.15) is 0 Å². The van der Waals surface area contributed by atoms with Crippen molar-refractivity contribution in [3.63, 3.8) is 0 Å². The summed E-state index contributed by atoms with van der Waals surface area (Å²) < 4.78 is 5.06. The van der Waals surface area contributed by atoms with Gasteiger partial charge in [0.25, 0.3) is 5.91 Å². The van der Waals surface area contributed by atoms with Gasteiger partial charge >= 0.3 is 5.97 Å². The average Bonchev–Trinajstić information content (AvgIpc) is 2.69. The van der Waals surface area contributed by atoms with Gasteiger partial charge in [0, 0.05) is 30.3 Å². The van der Waals surface area contributed by atoms with E-state index < -0.39 is 12.0 Å². The van der Waals surface area contributed by atoms with Gasteiger partial charge in [-0.1, -0.05) is 12.1 Å². The van der Waals surface area contributed by atoms with Gasteiger partial charge < -0.3 is 20.1 Å². The molecule has 2 heterocycles. The fraction of sp³-hybridized carbons (Fsp3) is 0.263. The Balaban J connectivity index is 1.87. The molecule has 0 unspecified atom stereocenters. The lowest BCUT2D eigenvalue weighted by molar-refractivity contribution is -0.127. The smallest absolute Gasteiger partial charge is 0.335 e. The topological polar surface area (TPSA) is 109 Å². The van der Waals surface area contributed by atoms with Crippen LogP contribution in [0.2, 0.25) is 0 Å². The van der Waals surface area contributed by atoms with Gasteiger partial charge in [-0.25, -0.2) is 9.78 Å². The number of carboxylic acid groups (broad SMARTS) is 1. The monoisotopic (exact) mass is 369 g/mol. The van der Waals surface area contributed by atoms with Crippen LogP contribution in [-0.4, -0.2) is 59.0 Å². The zero-order valence-corrected chi connectivity index (χ0v) is 14.9. The molecule has 2 aromatic rings. The minimum absolute atomic E-state index is 0.0603. The molecule has 1 aliphatic heterocycles. The van der Waals surface area contributed by atoms with Gasteiger partial charge in [0.1, 0.15) is 6.04 Å². The lowest BCUT2D eigenvalue weighted by Gasteiger charge is -2.32. The van der Waals surface area contributed by atoms with Crippen LogP contribution in [0.5, 0.6) is 5.88 Å². The third-order valence-electron chi connectivity index (χ3n) is 4.45. The Morgan fingerprint density at radius 2 is 1.93 bits per heavy atom. The standard InChI is InChI=1S/C19H19N3O5/c1-11-17(23)20-7-8-22(11)18(24)13-5-3-12(4-6-13)15-9-14(19(25)26)10-16(21-15)27-2/h3-6,9-11H,7-8H2,1-2H3,(H,20,23)(H,25,26)/t11-/m0/s1. The Hall–Kier alpha value is -3.42. The maximum atomic E-state index is 12.7. The van der Waals surface area contributed by atoms with Gasteiger partial charge in [0.2, 0.25) is 11.8 Å². The Bertz CT molecular complexity index is 895. The number of carbonyl (C=O) groups excluding carboxylic acids is 2. The molecule has 1 fully saturated rings. The molecule has 27 heavy (non-hydrogen) atoms. The van der Waals surface area contributed by atoms with E-state index in [-0.39, 0.29) is 23.3 Å². The molecule has 0 aliphatic carbocycles. The van der Waals surface area contributed by atoms with Crippen LogP contribution in [0.4, 0.5) is 0 Å². The number of nitrogens with zero attached hydrogens (tertiary/aromatic N) is 2. The van der Waals surface area contributed by atoms with Gasteiger partial charge in [0.05, 0.1) is 18.4 Å². The van der Waals surface area contributed by atoms with Crippen molar-refractivity contribution < 1.29 is 24.2 Å². The third kappa shape index (κ3) is 3.74. The van der Waals surface area contributed by atoms with Crippen LogP contribution in [-0.2, 0) is 4.79 Å². The van der Waals surface area contributed by atoms with Crippen molar-refractivity contribution in [3.8, 4) is 17.1 Å². The normalized spacial score (nSPS) is 16.6. The number of aromatic nitrogens is 1. The average molecular weight is 369 g/mol. The molecule has 8 nitrogen and oxygen atoms in total. The zero-order chi connectivity index (χ0) is 19.6. The number of rotatable bonds is 4. The minimum Gasteiger partial charge on any atom is -0.481 e. The van der Waals surface area contributed by atoms with Crippen molar-refractivity contribution in [2.75, 3.05) is 20.2 Å². The van der Waals surface area contributed by atoms with E-state index in [0.717, 1.165) is 0 Å². The number of hydrogen-bond acceptors (Lipinski definition) is 5. The molecule has 140 valence electrons. The molecule has 0 bridgehead atoms. The van der Waals surface area contributed by atoms with E-state index in [0.29, 0.717) is 29.9 Å². The van der Waals surface area contributed by atoms with Crippen molar-refractivity contribution in [2.45, 2.75) is 13.0 Å². The number of carbonyl (C=O) groups is 3. The second-order valence-corrected chi connectivity index (χ2v) is 6.13. The summed E-state index contributed by atoms with van der Waals surface area (Å²) in [6.45, 7) is 2.57. The SMILES string of the molecule is COc1cc(C(=O)O)cc(-c2ccc(C(=O)N3CCNC(=O)[C@@H]3C)cc2)n1. The number of amides is 2. The number of benzene rings is 1. The maximum Gasteiger partial charge on any atom is 0.335 e. The van der Waals surface area contributed by atoms with Crippen LogP contribution in [0.3, 0.4) is 0 Å². The summed E-state index contributed by atoms with van der Waals surface area (Å²) in [4.78, 5) is 41.5. The van der Waals surface area contributed by atoms with Crippen molar-refractivity contribution >= 4 is 17.8 Å². The first-order valence-electron chi connectivity index (χ1n) is 8.39. The zero-order valence-electron chi connectivity index (χ0n) is 14.9. The maximum absolute atomic E-state index is 12.7.